The van der Waals surface area contributed by atoms with Gasteiger partial charge in [-0.05, 0) is 12.5 Å². The van der Waals surface area contributed by atoms with Gasteiger partial charge in [0.25, 0.3) is 5.56 Å². The summed E-state index contributed by atoms with van der Waals surface area (Å²) in [5.74, 6) is 0.164. The lowest BCUT2D eigenvalue weighted by atomic mass is 10.2. The lowest BCUT2D eigenvalue weighted by Gasteiger charge is -1.99. The van der Waals surface area contributed by atoms with Gasteiger partial charge in [-0.15, -0.1) is 0 Å². The van der Waals surface area contributed by atoms with E-state index in [1.165, 1.54) is 0 Å². The lowest BCUT2D eigenvalue weighted by Crippen LogP contribution is -2.12. The van der Waals surface area contributed by atoms with E-state index in [-0.39, 0.29) is 11.5 Å². The van der Waals surface area contributed by atoms with Crippen molar-refractivity contribution in [2.75, 3.05) is 5.73 Å². The third-order valence-corrected chi connectivity index (χ3v) is 2.07. The Balaban J connectivity index is 2.79. The molecule has 5 heteroatoms. The first-order valence-corrected chi connectivity index (χ1v) is 4.35. The van der Waals surface area contributed by atoms with Gasteiger partial charge in [0.05, 0.1) is 0 Å². The van der Waals surface area contributed by atoms with Gasteiger partial charge in [0.2, 0.25) is 5.95 Å². The first-order valence-electron chi connectivity index (χ1n) is 4.35. The summed E-state index contributed by atoms with van der Waals surface area (Å²) in [5, 5.41) is 0.802. The normalized spacial score (nSPS) is 10.6. The topological polar surface area (TPSA) is 84.7 Å². The van der Waals surface area contributed by atoms with Gasteiger partial charge in [-0.25, -0.2) is 4.98 Å². The molecule has 0 spiro atoms. The van der Waals surface area contributed by atoms with Crippen LogP contribution in [-0.4, -0.2) is 15.0 Å². The number of rotatable bonds is 1. The quantitative estimate of drug-likeness (QED) is 0.684. The van der Waals surface area contributed by atoms with E-state index in [2.05, 4.69) is 15.0 Å². The Kier molecular flexibility index (Phi) is 1.92. The highest BCUT2D eigenvalue weighted by Crippen LogP contribution is 2.08. The van der Waals surface area contributed by atoms with E-state index in [1.54, 1.807) is 12.3 Å². The van der Waals surface area contributed by atoms with Gasteiger partial charge in [0.1, 0.15) is 5.65 Å². The van der Waals surface area contributed by atoms with Crippen molar-refractivity contribution in [3.05, 3.63) is 28.2 Å². The number of nitrogens with two attached hydrogens (primary N) is 1. The maximum atomic E-state index is 11.4. The van der Waals surface area contributed by atoms with Crippen molar-refractivity contribution in [2.24, 2.45) is 0 Å². The standard InChI is InChI=1S/C9H10N4O/c1-2-5-3-6-4-11-9(10)13-7(6)12-8(5)14/h3-4H,2H2,1H3,(H3,10,11,12,13,14). The first-order chi connectivity index (χ1) is 6.70. The van der Waals surface area contributed by atoms with Gasteiger partial charge < -0.3 is 10.7 Å². The lowest BCUT2D eigenvalue weighted by molar-refractivity contribution is 1.06. The van der Waals surface area contributed by atoms with Gasteiger partial charge in [-0.2, -0.15) is 4.98 Å². The van der Waals surface area contributed by atoms with E-state index in [1.807, 2.05) is 6.92 Å². The summed E-state index contributed by atoms with van der Waals surface area (Å²) in [6, 6.07) is 1.79. The maximum Gasteiger partial charge on any atom is 0.252 e. The summed E-state index contributed by atoms with van der Waals surface area (Å²) in [7, 11) is 0. The van der Waals surface area contributed by atoms with Gasteiger partial charge in [0, 0.05) is 17.1 Å². The zero-order chi connectivity index (χ0) is 10.1. The number of nitrogens with one attached hydrogen (secondary N) is 1. The molecular formula is C9H10N4O. The summed E-state index contributed by atoms with van der Waals surface area (Å²) in [5.41, 5.74) is 6.50. The second-order valence-electron chi connectivity index (χ2n) is 3.01. The molecule has 0 aliphatic carbocycles. The minimum absolute atomic E-state index is 0.113. The number of anilines is 1. The molecule has 2 rings (SSSR count). The fourth-order valence-electron chi connectivity index (χ4n) is 1.31. The number of fused-ring (bicyclic) bond motifs is 1. The number of nitrogens with zero attached hydrogens (tertiary/aromatic N) is 2. The Labute approximate surface area is 80.0 Å². The number of hydrogen-bond donors (Lipinski definition) is 2. The maximum absolute atomic E-state index is 11.4. The average molecular weight is 190 g/mol. The average Bonchev–Trinajstić information content (AvgIpc) is 2.16. The number of hydrogen-bond acceptors (Lipinski definition) is 4. The molecule has 0 bridgehead atoms. The number of aromatic nitrogens is 3. The van der Waals surface area contributed by atoms with Crippen LogP contribution in [0.25, 0.3) is 11.0 Å². The molecule has 2 aromatic rings. The van der Waals surface area contributed by atoms with Crippen molar-refractivity contribution in [3.8, 4) is 0 Å². The molecular weight excluding hydrogens is 180 g/mol. The minimum atomic E-state index is -0.113. The van der Waals surface area contributed by atoms with Crippen LogP contribution in [0.3, 0.4) is 0 Å². The van der Waals surface area contributed by atoms with Gasteiger partial charge >= 0.3 is 0 Å². The molecule has 0 fully saturated rings. The van der Waals surface area contributed by atoms with Crippen molar-refractivity contribution in [1.82, 2.24) is 15.0 Å². The van der Waals surface area contributed by atoms with Crippen LogP contribution in [0.15, 0.2) is 17.1 Å². The van der Waals surface area contributed by atoms with Gasteiger partial charge in [0.15, 0.2) is 0 Å². The van der Waals surface area contributed by atoms with Crippen LogP contribution >= 0.6 is 0 Å². The van der Waals surface area contributed by atoms with Crippen LogP contribution in [0.5, 0.6) is 0 Å². The molecule has 0 atom stereocenters. The molecule has 0 amide bonds. The molecule has 72 valence electrons. The van der Waals surface area contributed by atoms with E-state index in [9.17, 15) is 4.79 Å². The summed E-state index contributed by atoms with van der Waals surface area (Å²) in [6.07, 6.45) is 2.29. The number of aryl methyl sites for hydroxylation is 1. The van der Waals surface area contributed by atoms with Gasteiger partial charge in [-0.3, -0.25) is 4.79 Å². The Morgan fingerprint density at radius 2 is 2.36 bits per heavy atom. The van der Waals surface area contributed by atoms with Crippen LogP contribution in [0.2, 0.25) is 0 Å². The van der Waals surface area contributed by atoms with Crippen LogP contribution < -0.4 is 11.3 Å². The highest BCUT2D eigenvalue weighted by molar-refractivity contribution is 5.74. The zero-order valence-electron chi connectivity index (χ0n) is 7.74. The highest BCUT2D eigenvalue weighted by Gasteiger charge is 2.02. The second-order valence-corrected chi connectivity index (χ2v) is 3.01. The predicted octanol–water partition coefficient (Wildman–Crippen LogP) is 0.463. The van der Waals surface area contributed by atoms with Crippen molar-refractivity contribution >= 4 is 17.0 Å². The molecule has 0 aromatic carbocycles. The summed E-state index contributed by atoms with van der Waals surface area (Å²) >= 11 is 0. The second kappa shape index (κ2) is 3.10. The summed E-state index contributed by atoms with van der Waals surface area (Å²) < 4.78 is 0. The van der Waals surface area contributed by atoms with Crippen LogP contribution in [-0.2, 0) is 6.42 Å². The van der Waals surface area contributed by atoms with E-state index in [4.69, 9.17) is 5.73 Å². The SMILES string of the molecule is CCc1cc2cnc(N)nc2[nH]c1=O. The van der Waals surface area contributed by atoms with Gasteiger partial charge in [-0.1, -0.05) is 6.92 Å². The first kappa shape index (κ1) is 8.68. The zero-order valence-corrected chi connectivity index (χ0v) is 7.74. The number of aromatic amines is 1. The fraction of sp³-hybridized carbons (Fsp3) is 0.222. The van der Waals surface area contributed by atoms with E-state index >= 15 is 0 Å². The number of nitrogen functional groups attached to an aromatic ring is 1. The number of H-pyrrole nitrogens is 1. The monoisotopic (exact) mass is 190 g/mol. The molecule has 5 nitrogen and oxygen atoms in total. The highest BCUT2D eigenvalue weighted by atomic mass is 16.1. The van der Waals surface area contributed by atoms with Crippen molar-refractivity contribution in [2.45, 2.75) is 13.3 Å². The Morgan fingerprint density at radius 1 is 1.57 bits per heavy atom. The molecule has 14 heavy (non-hydrogen) atoms. The smallest absolute Gasteiger partial charge is 0.252 e. The molecule has 2 aromatic heterocycles. The molecule has 0 aliphatic heterocycles. The van der Waals surface area contributed by atoms with E-state index in [0.717, 1.165) is 10.9 Å². The predicted molar refractivity (Wildman–Crippen MR) is 53.9 cm³/mol. The third-order valence-electron chi connectivity index (χ3n) is 2.07. The molecule has 0 radical (unpaired) electrons. The summed E-state index contributed by atoms with van der Waals surface area (Å²) in [6.45, 7) is 1.93. The third kappa shape index (κ3) is 1.32. The van der Waals surface area contributed by atoms with Crippen molar-refractivity contribution in [1.29, 1.82) is 0 Å². The molecule has 0 saturated carbocycles. The minimum Gasteiger partial charge on any atom is -0.368 e. The molecule has 3 N–H and O–H groups in total. The van der Waals surface area contributed by atoms with E-state index in [0.29, 0.717) is 12.1 Å². The van der Waals surface area contributed by atoms with Crippen LogP contribution in [0, 0.1) is 0 Å². The fourth-order valence-corrected chi connectivity index (χ4v) is 1.31. The van der Waals surface area contributed by atoms with E-state index < -0.39 is 0 Å². The molecule has 0 unspecified atom stereocenters. The largest absolute Gasteiger partial charge is 0.368 e. The summed E-state index contributed by atoms with van der Waals surface area (Å²) in [4.78, 5) is 21.9. The van der Waals surface area contributed by atoms with Crippen molar-refractivity contribution in [3.63, 3.8) is 0 Å². The Morgan fingerprint density at radius 3 is 3.07 bits per heavy atom. The van der Waals surface area contributed by atoms with Crippen LogP contribution in [0.4, 0.5) is 5.95 Å². The van der Waals surface area contributed by atoms with Crippen LogP contribution in [0.1, 0.15) is 12.5 Å². The Hall–Kier alpha value is -1.91. The molecule has 2 heterocycles. The van der Waals surface area contributed by atoms with Crippen molar-refractivity contribution < 1.29 is 0 Å². The number of pyridine rings is 1. The Bertz CT molecular complexity index is 532. The molecule has 0 saturated heterocycles. The molecule has 0 aliphatic rings.